The van der Waals surface area contributed by atoms with Crippen molar-refractivity contribution >= 4 is 29.1 Å². The maximum atomic E-state index is 14.0. The molecular weight excluding hydrogens is 575 g/mol. The van der Waals surface area contributed by atoms with Gasteiger partial charge in [-0.05, 0) is 54.1 Å². The fraction of sp³-hybridized carbons (Fsp3) is 0.147. The zero-order chi connectivity index (χ0) is 31.8. The van der Waals surface area contributed by atoms with Gasteiger partial charge in [0.25, 0.3) is 5.91 Å². The standard InChI is InChI=1S/C34H31FN6O4/c1-40(26-15-17-27(45-2)18-16-26)34(44)30(19-23-9-4-3-5-10-23)37-32(42)22-41-21-31(38-39-41)24-11-8-12-25(20-24)36-33(43)28-13-6-7-14-29(28)35/h3-18,20-21,30H,19,22H2,1-2H3,(H,36,43)(H,37,42)/t30-/m0/s1. The maximum absolute atomic E-state index is 14.0. The maximum Gasteiger partial charge on any atom is 0.258 e. The molecule has 4 aromatic carbocycles. The Hall–Kier alpha value is -5.84. The Morgan fingerprint density at radius 2 is 1.67 bits per heavy atom. The van der Waals surface area contributed by atoms with E-state index in [1.54, 1.807) is 75.0 Å². The second kappa shape index (κ2) is 14.1. The van der Waals surface area contributed by atoms with E-state index in [0.29, 0.717) is 34.8 Å². The van der Waals surface area contributed by atoms with E-state index < -0.39 is 23.7 Å². The first-order chi connectivity index (χ1) is 21.8. The highest BCUT2D eigenvalue weighted by atomic mass is 19.1. The van der Waals surface area contributed by atoms with Gasteiger partial charge in [0.1, 0.15) is 29.8 Å². The number of hydrogen-bond donors (Lipinski definition) is 2. The molecule has 1 atom stereocenters. The molecule has 2 N–H and O–H groups in total. The van der Waals surface area contributed by atoms with E-state index in [1.165, 1.54) is 27.8 Å². The zero-order valence-electron chi connectivity index (χ0n) is 24.7. The van der Waals surface area contributed by atoms with E-state index in [1.807, 2.05) is 30.3 Å². The summed E-state index contributed by atoms with van der Waals surface area (Å²) in [6, 6.07) is 28.2. The van der Waals surface area contributed by atoms with Crippen molar-refractivity contribution in [3.63, 3.8) is 0 Å². The first-order valence-electron chi connectivity index (χ1n) is 14.1. The molecule has 11 heteroatoms. The molecule has 0 aliphatic heterocycles. The number of anilines is 2. The van der Waals surface area contributed by atoms with Gasteiger partial charge >= 0.3 is 0 Å². The number of nitrogens with one attached hydrogen (secondary N) is 2. The fourth-order valence-corrected chi connectivity index (χ4v) is 4.71. The van der Waals surface area contributed by atoms with Crippen LogP contribution in [-0.4, -0.2) is 52.9 Å². The molecule has 5 aromatic rings. The van der Waals surface area contributed by atoms with E-state index in [4.69, 9.17) is 4.74 Å². The number of aromatic nitrogens is 3. The third kappa shape index (κ3) is 7.77. The van der Waals surface area contributed by atoms with Crippen LogP contribution in [0, 0.1) is 5.82 Å². The lowest BCUT2D eigenvalue weighted by Crippen LogP contribution is -2.49. The highest BCUT2D eigenvalue weighted by Gasteiger charge is 2.26. The minimum Gasteiger partial charge on any atom is -0.497 e. The van der Waals surface area contributed by atoms with Gasteiger partial charge in [-0.3, -0.25) is 14.4 Å². The summed E-state index contributed by atoms with van der Waals surface area (Å²) in [5.74, 6) is -1.24. The topological polar surface area (TPSA) is 118 Å². The molecule has 45 heavy (non-hydrogen) atoms. The Balaban J connectivity index is 1.27. The molecule has 0 saturated heterocycles. The summed E-state index contributed by atoms with van der Waals surface area (Å²) < 4.78 is 20.6. The summed E-state index contributed by atoms with van der Waals surface area (Å²) in [5, 5.41) is 13.8. The predicted molar refractivity (Wildman–Crippen MR) is 168 cm³/mol. The molecule has 0 spiro atoms. The van der Waals surface area contributed by atoms with E-state index in [-0.39, 0.29) is 18.0 Å². The van der Waals surface area contributed by atoms with Gasteiger partial charge in [0.05, 0.1) is 18.9 Å². The summed E-state index contributed by atoms with van der Waals surface area (Å²) in [4.78, 5) is 40.8. The van der Waals surface area contributed by atoms with Gasteiger partial charge in [0.15, 0.2) is 0 Å². The largest absolute Gasteiger partial charge is 0.497 e. The van der Waals surface area contributed by atoms with Crippen LogP contribution in [0.2, 0.25) is 0 Å². The number of rotatable bonds is 11. The van der Waals surface area contributed by atoms with Crippen LogP contribution in [0.25, 0.3) is 11.3 Å². The minimum absolute atomic E-state index is 0.0703. The smallest absolute Gasteiger partial charge is 0.258 e. The van der Waals surface area contributed by atoms with Crippen molar-refractivity contribution in [2.24, 2.45) is 0 Å². The van der Waals surface area contributed by atoms with Crippen LogP contribution in [-0.2, 0) is 22.6 Å². The quantitative estimate of drug-likeness (QED) is 0.224. The molecular formula is C34H31FN6O4. The lowest BCUT2D eigenvalue weighted by Gasteiger charge is -2.25. The van der Waals surface area contributed by atoms with Crippen LogP contribution in [0.15, 0.2) is 109 Å². The summed E-state index contributed by atoms with van der Waals surface area (Å²) in [5.41, 5.74) is 3.01. The number of hydrogen-bond acceptors (Lipinski definition) is 6. The molecule has 1 heterocycles. The van der Waals surface area contributed by atoms with Crippen LogP contribution < -0.4 is 20.3 Å². The van der Waals surface area contributed by atoms with Crippen LogP contribution >= 0.6 is 0 Å². The zero-order valence-corrected chi connectivity index (χ0v) is 24.7. The number of halogens is 1. The number of ether oxygens (including phenoxy) is 1. The van der Waals surface area contributed by atoms with Crippen molar-refractivity contribution in [3.05, 3.63) is 126 Å². The Kier molecular flexibility index (Phi) is 9.58. The first-order valence-corrected chi connectivity index (χ1v) is 14.1. The second-order valence-electron chi connectivity index (χ2n) is 10.2. The van der Waals surface area contributed by atoms with Gasteiger partial charge in [-0.2, -0.15) is 0 Å². The fourth-order valence-electron chi connectivity index (χ4n) is 4.71. The summed E-state index contributed by atoms with van der Waals surface area (Å²) in [6.07, 6.45) is 1.88. The molecule has 228 valence electrons. The number of methoxy groups -OCH3 is 1. The number of benzene rings is 4. The van der Waals surface area contributed by atoms with E-state index in [9.17, 15) is 18.8 Å². The molecule has 10 nitrogen and oxygen atoms in total. The van der Waals surface area contributed by atoms with Crippen molar-refractivity contribution in [1.29, 1.82) is 0 Å². The molecule has 0 aliphatic rings. The van der Waals surface area contributed by atoms with Gasteiger partial charge in [-0.25, -0.2) is 9.07 Å². The molecule has 5 rings (SSSR count). The molecule has 0 bridgehead atoms. The van der Waals surface area contributed by atoms with Gasteiger partial charge in [0.2, 0.25) is 11.8 Å². The highest BCUT2D eigenvalue weighted by Crippen LogP contribution is 2.22. The second-order valence-corrected chi connectivity index (χ2v) is 10.2. The average molecular weight is 607 g/mol. The van der Waals surface area contributed by atoms with Crippen LogP contribution in [0.5, 0.6) is 5.75 Å². The molecule has 0 aliphatic carbocycles. The Labute approximate surface area is 259 Å². The Bertz CT molecular complexity index is 1790. The van der Waals surface area contributed by atoms with Gasteiger partial charge in [-0.1, -0.05) is 59.8 Å². The average Bonchev–Trinajstić information content (AvgIpc) is 3.53. The Morgan fingerprint density at radius 3 is 2.40 bits per heavy atom. The van der Waals surface area contributed by atoms with Crippen molar-refractivity contribution in [2.75, 3.05) is 24.4 Å². The normalized spacial score (nSPS) is 11.4. The van der Waals surface area contributed by atoms with Crippen molar-refractivity contribution in [1.82, 2.24) is 20.3 Å². The lowest BCUT2D eigenvalue weighted by atomic mass is 10.0. The van der Waals surface area contributed by atoms with Gasteiger partial charge in [-0.15, -0.1) is 5.10 Å². The molecule has 0 saturated carbocycles. The third-order valence-electron chi connectivity index (χ3n) is 7.09. The highest BCUT2D eigenvalue weighted by molar-refractivity contribution is 6.04. The summed E-state index contributed by atoms with van der Waals surface area (Å²) >= 11 is 0. The minimum atomic E-state index is -0.843. The molecule has 0 fully saturated rings. The summed E-state index contributed by atoms with van der Waals surface area (Å²) in [6.45, 7) is -0.179. The van der Waals surface area contributed by atoms with E-state index >= 15 is 0 Å². The third-order valence-corrected chi connectivity index (χ3v) is 7.09. The molecule has 1 aromatic heterocycles. The summed E-state index contributed by atoms with van der Waals surface area (Å²) in [7, 11) is 3.23. The number of carbonyl (C=O) groups is 3. The SMILES string of the molecule is COc1ccc(N(C)C(=O)[C@H](Cc2ccccc2)NC(=O)Cn2cc(-c3cccc(NC(=O)c4ccccc4F)c3)nn2)cc1. The van der Waals surface area contributed by atoms with Gasteiger partial charge in [0, 0.05) is 30.4 Å². The van der Waals surface area contributed by atoms with Crippen molar-refractivity contribution < 1.29 is 23.5 Å². The Morgan fingerprint density at radius 1 is 0.933 bits per heavy atom. The number of nitrogens with zero attached hydrogens (tertiary/aromatic N) is 4. The van der Waals surface area contributed by atoms with E-state index in [0.717, 1.165) is 5.56 Å². The number of amides is 3. The van der Waals surface area contributed by atoms with Gasteiger partial charge < -0.3 is 20.3 Å². The van der Waals surface area contributed by atoms with Crippen molar-refractivity contribution in [2.45, 2.75) is 19.0 Å². The van der Waals surface area contributed by atoms with E-state index in [2.05, 4.69) is 20.9 Å². The number of likely N-dealkylation sites (N-methyl/N-ethyl adjacent to an activating group) is 1. The predicted octanol–water partition coefficient (Wildman–Crippen LogP) is 4.74. The van der Waals surface area contributed by atoms with Crippen LogP contribution in [0.3, 0.4) is 0 Å². The lowest BCUT2D eigenvalue weighted by molar-refractivity contribution is -0.127. The monoisotopic (exact) mass is 606 g/mol. The van der Waals surface area contributed by atoms with Crippen LogP contribution in [0.1, 0.15) is 15.9 Å². The number of carbonyl (C=O) groups excluding carboxylic acids is 3. The van der Waals surface area contributed by atoms with Crippen molar-refractivity contribution in [3.8, 4) is 17.0 Å². The molecule has 3 amide bonds. The molecule has 0 unspecified atom stereocenters. The van der Waals surface area contributed by atoms with Crippen LogP contribution in [0.4, 0.5) is 15.8 Å². The first kappa shape index (κ1) is 30.6. The molecule has 0 radical (unpaired) electrons.